The number of aliphatic carboxylic acids is 1. The second-order valence-corrected chi connectivity index (χ2v) is 4.03. The van der Waals surface area contributed by atoms with E-state index in [9.17, 15) is 4.79 Å². The first kappa shape index (κ1) is 12.7. The van der Waals surface area contributed by atoms with E-state index in [1.54, 1.807) is 24.4 Å². The molecule has 1 rings (SSSR count). The molecule has 0 saturated heterocycles. The van der Waals surface area contributed by atoms with Crippen LogP contribution in [0, 0.1) is 5.92 Å². The molecule has 0 fully saturated rings. The molecule has 5 heteroatoms. The largest absolute Gasteiger partial charge is 0.490 e. The van der Waals surface area contributed by atoms with Crippen LogP contribution in [0.25, 0.3) is 0 Å². The van der Waals surface area contributed by atoms with Gasteiger partial charge in [0.15, 0.2) is 5.75 Å². The lowest BCUT2D eigenvalue weighted by Crippen LogP contribution is -2.07. The Morgan fingerprint density at radius 1 is 1.75 bits per heavy atom. The third-order valence-electron chi connectivity index (χ3n) is 1.79. The predicted octanol–water partition coefficient (Wildman–Crippen LogP) is 2.50. The summed E-state index contributed by atoms with van der Waals surface area (Å²) in [5, 5.41) is 8.45. The van der Waals surface area contributed by atoms with Crippen LogP contribution in [0.3, 0.4) is 0 Å². The van der Waals surface area contributed by atoms with Gasteiger partial charge in [-0.05, 0) is 28.1 Å². The first-order valence-corrected chi connectivity index (χ1v) is 5.53. The van der Waals surface area contributed by atoms with E-state index in [0.717, 1.165) is 6.08 Å². The molecule has 0 aromatic carbocycles. The lowest BCUT2D eigenvalue weighted by Gasteiger charge is -2.09. The summed E-state index contributed by atoms with van der Waals surface area (Å²) in [5.74, 6) is -0.268. The van der Waals surface area contributed by atoms with Crippen LogP contribution in [-0.4, -0.2) is 22.7 Å². The lowest BCUT2D eigenvalue weighted by atomic mass is 10.2. The number of hydrogen-bond acceptors (Lipinski definition) is 3. The maximum atomic E-state index is 10.3. The van der Waals surface area contributed by atoms with Gasteiger partial charge in [-0.3, -0.25) is 0 Å². The summed E-state index contributed by atoms with van der Waals surface area (Å²) in [6, 6.07) is 3.57. The lowest BCUT2D eigenvalue weighted by molar-refractivity contribution is -0.131. The van der Waals surface area contributed by atoms with E-state index >= 15 is 0 Å². The highest BCUT2D eigenvalue weighted by atomic mass is 79.9. The summed E-state index contributed by atoms with van der Waals surface area (Å²) >= 11 is 3.26. The topological polar surface area (TPSA) is 59.4 Å². The SMILES string of the molecule is CC(/C=C/C(=O)O)COc1cccnc1Br. The van der Waals surface area contributed by atoms with E-state index in [0.29, 0.717) is 17.0 Å². The average molecular weight is 286 g/mol. The average Bonchev–Trinajstić information content (AvgIpc) is 2.25. The van der Waals surface area contributed by atoms with Gasteiger partial charge >= 0.3 is 5.97 Å². The zero-order chi connectivity index (χ0) is 12.0. The molecule has 1 aromatic heterocycles. The molecule has 0 aliphatic rings. The smallest absolute Gasteiger partial charge is 0.327 e. The molecule has 4 nitrogen and oxygen atoms in total. The van der Waals surface area contributed by atoms with Crippen molar-refractivity contribution >= 4 is 21.9 Å². The Morgan fingerprint density at radius 2 is 2.50 bits per heavy atom. The normalized spacial score (nSPS) is 12.6. The van der Waals surface area contributed by atoms with Gasteiger partial charge in [0.25, 0.3) is 0 Å². The molecule has 1 N–H and O–H groups in total. The van der Waals surface area contributed by atoms with Crippen molar-refractivity contribution in [2.45, 2.75) is 6.92 Å². The molecule has 1 atom stereocenters. The second kappa shape index (κ2) is 6.27. The van der Waals surface area contributed by atoms with Crippen LogP contribution in [0.1, 0.15) is 6.92 Å². The number of carboxylic acid groups (broad SMARTS) is 1. The van der Waals surface area contributed by atoms with Crippen molar-refractivity contribution in [3.8, 4) is 5.75 Å². The molecule has 1 aromatic rings. The maximum Gasteiger partial charge on any atom is 0.327 e. The number of hydrogen-bond donors (Lipinski definition) is 1. The molecule has 1 unspecified atom stereocenters. The fourth-order valence-corrected chi connectivity index (χ4v) is 1.37. The quantitative estimate of drug-likeness (QED) is 0.667. The molecule has 0 aliphatic carbocycles. The van der Waals surface area contributed by atoms with Crippen LogP contribution in [0.5, 0.6) is 5.75 Å². The second-order valence-electron chi connectivity index (χ2n) is 3.28. The van der Waals surface area contributed by atoms with Gasteiger partial charge < -0.3 is 9.84 Å². The van der Waals surface area contributed by atoms with Crippen molar-refractivity contribution in [3.63, 3.8) is 0 Å². The van der Waals surface area contributed by atoms with E-state index < -0.39 is 5.97 Å². The highest BCUT2D eigenvalue weighted by Gasteiger charge is 2.03. The van der Waals surface area contributed by atoms with Crippen molar-refractivity contribution in [2.75, 3.05) is 6.61 Å². The summed E-state index contributed by atoms with van der Waals surface area (Å²) in [6.07, 6.45) is 4.36. The van der Waals surface area contributed by atoms with E-state index in [4.69, 9.17) is 9.84 Å². The minimum absolute atomic E-state index is 0.0307. The molecule has 0 radical (unpaired) electrons. The van der Waals surface area contributed by atoms with Gasteiger partial charge in [0.2, 0.25) is 0 Å². The van der Waals surface area contributed by atoms with E-state index in [1.807, 2.05) is 6.92 Å². The van der Waals surface area contributed by atoms with Gasteiger partial charge in [0, 0.05) is 18.2 Å². The van der Waals surface area contributed by atoms with Gasteiger partial charge in [0.1, 0.15) is 4.60 Å². The fourth-order valence-electron chi connectivity index (χ4n) is 1.00. The zero-order valence-corrected chi connectivity index (χ0v) is 10.3. The first-order chi connectivity index (χ1) is 7.59. The third-order valence-corrected chi connectivity index (χ3v) is 2.39. The number of halogens is 1. The van der Waals surface area contributed by atoms with Crippen molar-refractivity contribution < 1.29 is 14.6 Å². The van der Waals surface area contributed by atoms with Crippen molar-refractivity contribution in [1.29, 1.82) is 0 Å². The van der Waals surface area contributed by atoms with Gasteiger partial charge in [-0.15, -0.1) is 0 Å². The Kier molecular flexibility index (Phi) is 4.98. The number of pyridine rings is 1. The molecule has 0 bridgehead atoms. The van der Waals surface area contributed by atoms with Crippen LogP contribution in [0.2, 0.25) is 0 Å². The Balaban J connectivity index is 2.46. The number of carbonyl (C=O) groups is 1. The fraction of sp³-hybridized carbons (Fsp3) is 0.273. The highest BCUT2D eigenvalue weighted by molar-refractivity contribution is 9.10. The summed E-state index contributed by atoms with van der Waals surface area (Å²) in [4.78, 5) is 14.3. The number of nitrogens with zero attached hydrogens (tertiary/aromatic N) is 1. The van der Waals surface area contributed by atoms with E-state index in [-0.39, 0.29) is 5.92 Å². The van der Waals surface area contributed by atoms with Crippen molar-refractivity contribution in [3.05, 3.63) is 35.1 Å². The van der Waals surface area contributed by atoms with Crippen molar-refractivity contribution in [1.82, 2.24) is 4.98 Å². The molecule has 86 valence electrons. The molecule has 1 heterocycles. The minimum Gasteiger partial charge on any atom is -0.490 e. The maximum absolute atomic E-state index is 10.3. The molecular formula is C11H12BrNO3. The molecule has 0 saturated carbocycles. The standard InChI is InChI=1S/C11H12BrNO3/c1-8(4-5-10(14)15)7-16-9-3-2-6-13-11(9)12/h2-6,8H,7H2,1H3,(H,14,15)/b5-4+. The monoisotopic (exact) mass is 285 g/mol. The Labute approximate surface area is 102 Å². The summed E-state index contributed by atoms with van der Waals surface area (Å²) in [6.45, 7) is 2.29. The Hall–Kier alpha value is -1.36. The van der Waals surface area contributed by atoms with Crippen LogP contribution in [0.4, 0.5) is 0 Å². The summed E-state index contributed by atoms with van der Waals surface area (Å²) < 4.78 is 6.12. The number of aromatic nitrogens is 1. The Morgan fingerprint density at radius 3 is 3.12 bits per heavy atom. The number of carboxylic acids is 1. The minimum atomic E-state index is -0.950. The van der Waals surface area contributed by atoms with Crippen LogP contribution in [-0.2, 0) is 4.79 Å². The first-order valence-electron chi connectivity index (χ1n) is 4.74. The zero-order valence-electron chi connectivity index (χ0n) is 8.76. The predicted molar refractivity (Wildman–Crippen MR) is 63.4 cm³/mol. The van der Waals surface area contributed by atoms with Gasteiger partial charge in [-0.25, -0.2) is 9.78 Å². The summed E-state index contributed by atoms with van der Waals surface area (Å²) in [7, 11) is 0. The number of ether oxygens (including phenoxy) is 1. The van der Waals surface area contributed by atoms with Crippen LogP contribution < -0.4 is 4.74 Å². The summed E-state index contributed by atoms with van der Waals surface area (Å²) in [5.41, 5.74) is 0. The molecule has 16 heavy (non-hydrogen) atoms. The Bertz CT molecular complexity index is 393. The molecule has 0 spiro atoms. The van der Waals surface area contributed by atoms with E-state index in [2.05, 4.69) is 20.9 Å². The van der Waals surface area contributed by atoms with Gasteiger partial charge in [-0.1, -0.05) is 13.0 Å². The van der Waals surface area contributed by atoms with Crippen LogP contribution in [0.15, 0.2) is 35.1 Å². The molecular weight excluding hydrogens is 274 g/mol. The molecule has 0 amide bonds. The van der Waals surface area contributed by atoms with Gasteiger partial charge in [-0.2, -0.15) is 0 Å². The third kappa shape index (κ3) is 4.44. The van der Waals surface area contributed by atoms with Crippen LogP contribution >= 0.6 is 15.9 Å². The van der Waals surface area contributed by atoms with Gasteiger partial charge in [0.05, 0.1) is 6.61 Å². The van der Waals surface area contributed by atoms with Crippen molar-refractivity contribution in [2.24, 2.45) is 5.92 Å². The highest BCUT2D eigenvalue weighted by Crippen LogP contribution is 2.21. The molecule has 0 aliphatic heterocycles. The van der Waals surface area contributed by atoms with E-state index in [1.165, 1.54) is 0 Å². The number of rotatable bonds is 5.